The second-order valence-corrected chi connectivity index (χ2v) is 7.01. The minimum absolute atomic E-state index is 0.0214. The van der Waals surface area contributed by atoms with Crippen LogP contribution in [0.5, 0.6) is 11.5 Å². The number of anilines is 1. The molecule has 0 radical (unpaired) electrons. The van der Waals surface area contributed by atoms with Gasteiger partial charge in [-0.05, 0) is 60.3 Å². The Balaban J connectivity index is 1.69. The molecule has 0 saturated carbocycles. The Bertz CT molecular complexity index is 1000. The maximum Gasteiger partial charge on any atom is 0.270 e. The Morgan fingerprint density at radius 1 is 1.04 bits per heavy atom. The average molecular weight is 415 g/mol. The molecule has 2 heterocycles. The molecule has 142 valence electrons. The molecular formula is C20H15ClN2O4S. The first-order valence-electron chi connectivity index (χ1n) is 8.59. The number of carbonyl (C=O) groups excluding carboxylic acids is 2. The molecule has 2 aliphatic heterocycles. The summed E-state index contributed by atoms with van der Waals surface area (Å²) in [5.41, 5.74) is 1.13. The lowest BCUT2D eigenvalue weighted by Gasteiger charge is -2.29. The molecule has 2 amide bonds. The molecule has 0 atom stereocenters. The van der Waals surface area contributed by atoms with E-state index in [1.165, 1.54) is 11.0 Å². The maximum atomic E-state index is 13.0. The summed E-state index contributed by atoms with van der Waals surface area (Å²) in [4.78, 5) is 26.7. The van der Waals surface area contributed by atoms with Gasteiger partial charge in [-0.15, -0.1) is 0 Å². The largest absolute Gasteiger partial charge is 0.490 e. The molecule has 0 aromatic heterocycles. The Morgan fingerprint density at radius 3 is 2.50 bits per heavy atom. The van der Waals surface area contributed by atoms with Gasteiger partial charge < -0.3 is 9.47 Å². The first kappa shape index (κ1) is 18.5. The van der Waals surface area contributed by atoms with Gasteiger partial charge in [-0.1, -0.05) is 17.7 Å². The van der Waals surface area contributed by atoms with Gasteiger partial charge in [0.25, 0.3) is 11.8 Å². The van der Waals surface area contributed by atoms with Crippen molar-refractivity contribution in [3.63, 3.8) is 0 Å². The lowest BCUT2D eigenvalue weighted by Crippen LogP contribution is -2.54. The number of fused-ring (bicyclic) bond motifs is 1. The van der Waals surface area contributed by atoms with Gasteiger partial charge in [0, 0.05) is 11.4 Å². The fraction of sp³-hybridized carbons (Fsp3) is 0.150. The van der Waals surface area contributed by atoms with Gasteiger partial charge in [-0.25, -0.2) is 0 Å². The minimum atomic E-state index is -0.549. The van der Waals surface area contributed by atoms with E-state index in [1.54, 1.807) is 42.5 Å². The zero-order chi connectivity index (χ0) is 19.7. The topological polar surface area (TPSA) is 67.9 Å². The lowest BCUT2D eigenvalue weighted by molar-refractivity contribution is -0.122. The number of amides is 2. The van der Waals surface area contributed by atoms with Crippen molar-refractivity contribution in [3.8, 4) is 11.5 Å². The number of nitrogens with one attached hydrogen (secondary N) is 1. The third kappa shape index (κ3) is 3.58. The summed E-state index contributed by atoms with van der Waals surface area (Å²) < 4.78 is 11.3. The first-order chi connectivity index (χ1) is 13.5. The zero-order valence-corrected chi connectivity index (χ0v) is 16.2. The summed E-state index contributed by atoms with van der Waals surface area (Å²) in [7, 11) is 0. The molecule has 1 fully saturated rings. The molecule has 0 spiro atoms. The molecule has 0 bridgehead atoms. The Labute approximate surface area is 171 Å². The molecule has 8 heteroatoms. The van der Waals surface area contributed by atoms with Crippen LogP contribution in [0.15, 0.2) is 48.0 Å². The normalized spacial score (nSPS) is 18.1. The fourth-order valence-corrected chi connectivity index (χ4v) is 3.33. The molecule has 6 nitrogen and oxygen atoms in total. The minimum Gasteiger partial charge on any atom is -0.490 e. The van der Waals surface area contributed by atoms with Crippen LogP contribution in [0.25, 0.3) is 6.08 Å². The predicted octanol–water partition coefficient (Wildman–Crippen LogP) is 3.33. The molecule has 2 aliphatic rings. The highest BCUT2D eigenvalue weighted by Gasteiger charge is 2.34. The third-order valence-corrected chi connectivity index (χ3v) is 4.81. The summed E-state index contributed by atoms with van der Waals surface area (Å²) in [6, 6.07) is 11.9. The molecule has 28 heavy (non-hydrogen) atoms. The zero-order valence-electron chi connectivity index (χ0n) is 14.6. The van der Waals surface area contributed by atoms with E-state index in [0.29, 0.717) is 41.0 Å². The summed E-state index contributed by atoms with van der Waals surface area (Å²) in [6.45, 7) is 1.13. The van der Waals surface area contributed by atoms with Crippen molar-refractivity contribution in [1.82, 2.24) is 5.32 Å². The monoisotopic (exact) mass is 414 g/mol. The Kier molecular flexibility index (Phi) is 5.02. The standard InChI is InChI=1S/C20H15ClN2O4S/c21-13-3-5-14(6-4-13)23-19(25)15(18(24)22-20(23)28)10-12-2-7-16-17(11-12)27-9-1-8-26-16/h2-7,10-11H,1,8-9H2,(H,22,24,28)/b15-10-. The average Bonchev–Trinajstić information content (AvgIpc) is 2.91. The van der Waals surface area contributed by atoms with Crippen LogP contribution >= 0.6 is 23.8 Å². The van der Waals surface area contributed by atoms with Crippen LogP contribution < -0.4 is 19.7 Å². The Morgan fingerprint density at radius 2 is 1.75 bits per heavy atom. The number of hydrogen-bond donors (Lipinski definition) is 1. The number of rotatable bonds is 2. The van der Waals surface area contributed by atoms with Crippen LogP contribution in [0.4, 0.5) is 5.69 Å². The van der Waals surface area contributed by atoms with Crippen LogP contribution in [0.3, 0.4) is 0 Å². The van der Waals surface area contributed by atoms with Crippen molar-refractivity contribution in [2.45, 2.75) is 6.42 Å². The van der Waals surface area contributed by atoms with Gasteiger partial charge in [0.1, 0.15) is 5.57 Å². The first-order valence-corrected chi connectivity index (χ1v) is 9.38. The van der Waals surface area contributed by atoms with Crippen molar-refractivity contribution < 1.29 is 19.1 Å². The van der Waals surface area contributed by atoms with E-state index in [2.05, 4.69) is 5.32 Å². The summed E-state index contributed by atoms with van der Waals surface area (Å²) in [5.74, 6) is 0.166. The van der Waals surface area contributed by atoms with E-state index in [9.17, 15) is 9.59 Å². The number of benzene rings is 2. The van der Waals surface area contributed by atoms with E-state index >= 15 is 0 Å². The van der Waals surface area contributed by atoms with Gasteiger partial charge in [-0.2, -0.15) is 0 Å². The molecule has 1 N–H and O–H groups in total. The van der Waals surface area contributed by atoms with Gasteiger partial charge in [-0.3, -0.25) is 19.8 Å². The van der Waals surface area contributed by atoms with Crippen LogP contribution in [0, 0.1) is 0 Å². The number of halogens is 1. The highest BCUT2D eigenvalue weighted by molar-refractivity contribution is 7.80. The smallest absolute Gasteiger partial charge is 0.270 e. The SMILES string of the molecule is O=C1NC(=S)N(c2ccc(Cl)cc2)C(=O)/C1=C\c1ccc2c(c1)OCCCO2. The predicted molar refractivity (Wildman–Crippen MR) is 110 cm³/mol. The van der Waals surface area contributed by atoms with E-state index < -0.39 is 11.8 Å². The fourth-order valence-electron chi connectivity index (χ4n) is 2.92. The number of carbonyl (C=O) groups is 2. The van der Waals surface area contributed by atoms with E-state index in [1.807, 2.05) is 0 Å². The van der Waals surface area contributed by atoms with Gasteiger partial charge in [0.05, 0.1) is 18.9 Å². The number of ether oxygens (including phenoxy) is 2. The van der Waals surface area contributed by atoms with Crippen LogP contribution in [0.1, 0.15) is 12.0 Å². The van der Waals surface area contributed by atoms with Crippen LogP contribution in [-0.2, 0) is 9.59 Å². The quantitative estimate of drug-likeness (QED) is 0.464. The van der Waals surface area contributed by atoms with Crippen molar-refractivity contribution in [3.05, 3.63) is 58.6 Å². The molecule has 2 aromatic rings. The molecule has 0 unspecified atom stereocenters. The molecule has 4 rings (SSSR count). The molecular weight excluding hydrogens is 400 g/mol. The van der Waals surface area contributed by atoms with E-state index in [0.717, 1.165) is 6.42 Å². The number of thiocarbonyl (C=S) groups is 1. The lowest BCUT2D eigenvalue weighted by atomic mass is 10.1. The van der Waals surface area contributed by atoms with Crippen LogP contribution in [0.2, 0.25) is 5.02 Å². The molecule has 2 aromatic carbocycles. The van der Waals surface area contributed by atoms with E-state index in [4.69, 9.17) is 33.3 Å². The van der Waals surface area contributed by atoms with Crippen molar-refractivity contribution in [2.24, 2.45) is 0 Å². The molecule has 0 aliphatic carbocycles. The van der Waals surface area contributed by atoms with Gasteiger partial charge in [0.15, 0.2) is 16.6 Å². The number of nitrogens with zero attached hydrogens (tertiary/aromatic N) is 1. The third-order valence-electron chi connectivity index (χ3n) is 4.27. The Hall–Kier alpha value is -2.90. The highest BCUT2D eigenvalue weighted by atomic mass is 35.5. The summed E-state index contributed by atoms with van der Waals surface area (Å²) in [6.07, 6.45) is 2.30. The van der Waals surface area contributed by atoms with Crippen LogP contribution in [-0.4, -0.2) is 30.1 Å². The van der Waals surface area contributed by atoms with Crippen molar-refractivity contribution in [2.75, 3.05) is 18.1 Å². The van der Waals surface area contributed by atoms with Crippen molar-refractivity contribution in [1.29, 1.82) is 0 Å². The van der Waals surface area contributed by atoms with Gasteiger partial charge >= 0.3 is 0 Å². The molecule has 1 saturated heterocycles. The van der Waals surface area contributed by atoms with E-state index in [-0.39, 0.29) is 10.7 Å². The summed E-state index contributed by atoms with van der Waals surface area (Å²) in [5, 5.41) is 3.11. The number of hydrogen-bond acceptors (Lipinski definition) is 5. The second kappa shape index (κ2) is 7.61. The maximum absolute atomic E-state index is 13.0. The summed E-state index contributed by atoms with van der Waals surface area (Å²) >= 11 is 11.1. The highest BCUT2D eigenvalue weighted by Crippen LogP contribution is 2.31. The van der Waals surface area contributed by atoms with Gasteiger partial charge in [0.2, 0.25) is 0 Å². The second-order valence-electron chi connectivity index (χ2n) is 6.19. The van der Waals surface area contributed by atoms with Crippen molar-refractivity contribution >= 4 is 52.5 Å².